The summed E-state index contributed by atoms with van der Waals surface area (Å²) in [6.07, 6.45) is 7.34. The number of nitrogens with two attached hydrogens (primary N) is 1. The van der Waals surface area contributed by atoms with Gasteiger partial charge >= 0.3 is 0 Å². The SMILES string of the molecule is Nc1nc(NC2CCCCC2)nc2c1CCNC2. The number of hydrogen-bond acceptors (Lipinski definition) is 5. The lowest BCUT2D eigenvalue weighted by Gasteiger charge is -2.24. The topological polar surface area (TPSA) is 75.9 Å². The first-order valence-electron chi connectivity index (χ1n) is 6.95. The molecule has 0 spiro atoms. The third-order valence-electron chi connectivity index (χ3n) is 3.91. The number of anilines is 2. The Labute approximate surface area is 108 Å². The summed E-state index contributed by atoms with van der Waals surface area (Å²) in [5.74, 6) is 1.36. The van der Waals surface area contributed by atoms with Crippen LogP contribution in [-0.2, 0) is 13.0 Å². The van der Waals surface area contributed by atoms with Gasteiger partial charge in [0.25, 0.3) is 0 Å². The highest BCUT2D eigenvalue weighted by atomic mass is 15.1. The molecule has 0 atom stereocenters. The molecule has 0 bridgehead atoms. The number of nitrogens with one attached hydrogen (secondary N) is 2. The van der Waals surface area contributed by atoms with Gasteiger partial charge in [-0.1, -0.05) is 19.3 Å². The van der Waals surface area contributed by atoms with Crippen molar-refractivity contribution < 1.29 is 0 Å². The summed E-state index contributed by atoms with van der Waals surface area (Å²) in [4.78, 5) is 9.01. The van der Waals surface area contributed by atoms with E-state index in [2.05, 4.69) is 20.6 Å². The average Bonchev–Trinajstić information content (AvgIpc) is 2.40. The highest BCUT2D eigenvalue weighted by Crippen LogP contribution is 2.23. The second-order valence-electron chi connectivity index (χ2n) is 5.26. The first-order chi connectivity index (χ1) is 8.83. The molecule has 0 amide bonds. The highest BCUT2D eigenvalue weighted by Gasteiger charge is 2.18. The van der Waals surface area contributed by atoms with E-state index in [1.807, 2.05) is 0 Å². The van der Waals surface area contributed by atoms with Crippen molar-refractivity contribution in [2.45, 2.75) is 51.1 Å². The second kappa shape index (κ2) is 5.10. The summed E-state index contributed by atoms with van der Waals surface area (Å²) in [5.41, 5.74) is 8.22. The Morgan fingerprint density at radius 2 is 2.00 bits per heavy atom. The summed E-state index contributed by atoms with van der Waals surface area (Å²) in [7, 11) is 0. The van der Waals surface area contributed by atoms with Crippen LogP contribution in [-0.4, -0.2) is 22.6 Å². The number of rotatable bonds is 2. The Morgan fingerprint density at radius 3 is 2.83 bits per heavy atom. The first-order valence-corrected chi connectivity index (χ1v) is 6.95. The van der Waals surface area contributed by atoms with E-state index in [4.69, 9.17) is 5.73 Å². The van der Waals surface area contributed by atoms with Gasteiger partial charge < -0.3 is 16.4 Å². The smallest absolute Gasteiger partial charge is 0.225 e. The average molecular weight is 247 g/mol. The molecule has 2 aliphatic rings. The van der Waals surface area contributed by atoms with E-state index in [0.717, 1.165) is 30.8 Å². The zero-order valence-corrected chi connectivity index (χ0v) is 10.7. The van der Waals surface area contributed by atoms with E-state index >= 15 is 0 Å². The number of aromatic nitrogens is 2. The fourth-order valence-corrected chi connectivity index (χ4v) is 2.88. The molecule has 1 aliphatic carbocycles. The molecule has 5 heteroatoms. The fraction of sp³-hybridized carbons (Fsp3) is 0.692. The molecule has 0 radical (unpaired) electrons. The Kier molecular flexibility index (Phi) is 3.32. The normalized spacial score (nSPS) is 20.4. The molecule has 2 heterocycles. The zero-order valence-electron chi connectivity index (χ0n) is 10.7. The van der Waals surface area contributed by atoms with Crippen LogP contribution in [0.15, 0.2) is 0 Å². The summed E-state index contributed by atoms with van der Waals surface area (Å²) in [5, 5.41) is 6.77. The molecule has 1 fully saturated rings. The third kappa shape index (κ3) is 2.41. The number of nitrogen functional groups attached to an aromatic ring is 1. The molecule has 3 rings (SSSR count). The van der Waals surface area contributed by atoms with Crippen LogP contribution < -0.4 is 16.4 Å². The van der Waals surface area contributed by atoms with E-state index < -0.39 is 0 Å². The van der Waals surface area contributed by atoms with Crippen LogP contribution in [0.5, 0.6) is 0 Å². The lowest BCUT2D eigenvalue weighted by Crippen LogP contribution is -2.28. The van der Waals surface area contributed by atoms with Crippen molar-refractivity contribution in [3.8, 4) is 0 Å². The molecule has 1 aliphatic heterocycles. The lowest BCUT2D eigenvalue weighted by atomic mass is 9.96. The number of fused-ring (bicyclic) bond motifs is 1. The zero-order chi connectivity index (χ0) is 12.4. The van der Waals surface area contributed by atoms with E-state index in [1.165, 1.54) is 32.1 Å². The Bertz CT molecular complexity index is 426. The van der Waals surface area contributed by atoms with Gasteiger partial charge in [0.1, 0.15) is 5.82 Å². The minimum Gasteiger partial charge on any atom is -0.383 e. The highest BCUT2D eigenvalue weighted by molar-refractivity contribution is 5.48. The number of hydrogen-bond donors (Lipinski definition) is 3. The third-order valence-corrected chi connectivity index (χ3v) is 3.91. The van der Waals surface area contributed by atoms with Crippen LogP contribution in [0.4, 0.5) is 11.8 Å². The molecule has 98 valence electrons. The van der Waals surface area contributed by atoms with Gasteiger partial charge in [-0.05, 0) is 25.8 Å². The van der Waals surface area contributed by atoms with Crippen LogP contribution in [0, 0.1) is 0 Å². The van der Waals surface area contributed by atoms with Crippen molar-refractivity contribution in [2.24, 2.45) is 0 Å². The molecule has 4 N–H and O–H groups in total. The molecular formula is C13H21N5. The van der Waals surface area contributed by atoms with Gasteiger partial charge in [-0.2, -0.15) is 4.98 Å². The maximum atomic E-state index is 6.03. The molecule has 18 heavy (non-hydrogen) atoms. The molecule has 0 aromatic carbocycles. The van der Waals surface area contributed by atoms with Crippen LogP contribution in [0.2, 0.25) is 0 Å². The number of nitrogens with zero attached hydrogens (tertiary/aromatic N) is 2. The van der Waals surface area contributed by atoms with Crippen LogP contribution >= 0.6 is 0 Å². The Hall–Kier alpha value is -1.36. The summed E-state index contributed by atoms with van der Waals surface area (Å²) >= 11 is 0. The van der Waals surface area contributed by atoms with E-state index in [-0.39, 0.29) is 0 Å². The molecule has 0 unspecified atom stereocenters. The van der Waals surface area contributed by atoms with Crippen molar-refractivity contribution in [1.82, 2.24) is 15.3 Å². The quantitative estimate of drug-likeness (QED) is 0.737. The monoisotopic (exact) mass is 247 g/mol. The molecule has 1 aromatic rings. The molecule has 5 nitrogen and oxygen atoms in total. The standard InChI is InChI=1S/C13H21N5/c14-12-10-6-7-15-8-11(10)17-13(18-12)16-9-4-2-1-3-5-9/h9,15H,1-8H2,(H3,14,16,17,18). The summed E-state index contributed by atoms with van der Waals surface area (Å²) in [6, 6.07) is 0.521. The summed E-state index contributed by atoms with van der Waals surface area (Å²) < 4.78 is 0. The van der Waals surface area contributed by atoms with Crippen molar-refractivity contribution >= 4 is 11.8 Å². The van der Waals surface area contributed by atoms with Gasteiger partial charge in [0.2, 0.25) is 5.95 Å². The first kappa shape index (κ1) is 11.7. The Balaban J connectivity index is 1.77. The Morgan fingerprint density at radius 1 is 1.17 bits per heavy atom. The maximum absolute atomic E-state index is 6.03. The van der Waals surface area contributed by atoms with Gasteiger partial charge in [-0.25, -0.2) is 4.98 Å². The maximum Gasteiger partial charge on any atom is 0.225 e. The van der Waals surface area contributed by atoms with Gasteiger partial charge in [-0.3, -0.25) is 0 Å². The van der Waals surface area contributed by atoms with Gasteiger partial charge in [0.05, 0.1) is 5.69 Å². The molecule has 1 saturated carbocycles. The van der Waals surface area contributed by atoms with E-state index in [1.54, 1.807) is 0 Å². The predicted octanol–water partition coefficient (Wildman–Crippen LogP) is 1.45. The van der Waals surface area contributed by atoms with Gasteiger partial charge in [-0.15, -0.1) is 0 Å². The molecular weight excluding hydrogens is 226 g/mol. The van der Waals surface area contributed by atoms with Crippen LogP contribution in [0.3, 0.4) is 0 Å². The van der Waals surface area contributed by atoms with E-state index in [0.29, 0.717) is 17.8 Å². The van der Waals surface area contributed by atoms with Crippen LogP contribution in [0.1, 0.15) is 43.4 Å². The molecule has 1 aromatic heterocycles. The predicted molar refractivity (Wildman–Crippen MR) is 72.4 cm³/mol. The van der Waals surface area contributed by atoms with Crippen molar-refractivity contribution in [3.05, 3.63) is 11.3 Å². The minimum atomic E-state index is 0.521. The lowest BCUT2D eigenvalue weighted by molar-refractivity contribution is 0.460. The fourth-order valence-electron chi connectivity index (χ4n) is 2.88. The van der Waals surface area contributed by atoms with Gasteiger partial charge in [0, 0.05) is 18.2 Å². The van der Waals surface area contributed by atoms with Crippen LogP contribution in [0.25, 0.3) is 0 Å². The second-order valence-corrected chi connectivity index (χ2v) is 5.26. The minimum absolute atomic E-state index is 0.521. The van der Waals surface area contributed by atoms with Crippen molar-refractivity contribution in [2.75, 3.05) is 17.6 Å². The van der Waals surface area contributed by atoms with E-state index in [9.17, 15) is 0 Å². The molecule has 0 saturated heterocycles. The van der Waals surface area contributed by atoms with Crippen molar-refractivity contribution in [1.29, 1.82) is 0 Å². The summed E-state index contributed by atoms with van der Waals surface area (Å²) in [6.45, 7) is 1.78. The largest absolute Gasteiger partial charge is 0.383 e. The van der Waals surface area contributed by atoms with Crippen molar-refractivity contribution in [3.63, 3.8) is 0 Å². The van der Waals surface area contributed by atoms with Gasteiger partial charge in [0.15, 0.2) is 0 Å².